The van der Waals surface area contributed by atoms with Crippen molar-refractivity contribution in [1.82, 2.24) is 10.2 Å². The third kappa shape index (κ3) is 3.54. The Bertz CT molecular complexity index is 342. The number of nitrogens with one attached hydrogen (secondary N) is 1. The van der Waals surface area contributed by atoms with Gasteiger partial charge in [-0.1, -0.05) is 6.07 Å². The first kappa shape index (κ1) is 14.0. The second-order valence-electron chi connectivity index (χ2n) is 5.26. The van der Waals surface area contributed by atoms with Crippen LogP contribution in [-0.2, 0) is 11.2 Å². The highest BCUT2D eigenvalue weighted by atomic mass is 32.1. The summed E-state index contributed by atoms with van der Waals surface area (Å²) in [4.78, 5) is 3.94. The second-order valence-corrected chi connectivity index (χ2v) is 6.30. The van der Waals surface area contributed by atoms with E-state index in [1.54, 1.807) is 0 Å². The highest BCUT2D eigenvalue weighted by Crippen LogP contribution is 2.18. The quantitative estimate of drug-likeness (QED) is 0.852. The monoisotopic (exact) mass is 268 g/mol. The Balaban J connectivity index is 1.81. The molecule has 1 N–H and O–H groups in total. The van der Waals surface area contributed by atoms with Crippen LogP contribution >= 0.6 is 11.3 Å². The van der Waals surface area contributed by atoms with Crippen molar-refractivity contribution in [2.24, 2.45) is 5.92 Å². The van der Waals surface area contributed by atoms with Gasteiger partial charge in [-0.2, -0.15) is 0 Å². The van der Waals surface area contributed by atoms with E-state index in [9.17, 15) is 0 Å². The second kappa shape index (κ2) is 6.66. The molecule has 18 heavy (non-hydrogen) atoms. The van der Waals surface area contributed by atoms with Gasteiger partial charge >= 0.3 is 0 Å². The van der Waals surface area contributed by atoms with E-state index in [2.05, 4.69) is 41.7 Å². The Hall–Kier alpha value is -0.420. The van der Waals surface area contributed by atoms with Crippen molar-refractivity contribution in [2.75, 3.05) is 33.9 Å². The molecule has 0 saturated carbocycles. The molecule has 1 aromatic heterocycles. The van der Waals surface area contributed by atoms with Crippen LogP contribution in [0.4, 0.5) is 0 Å². The number of likely N-dealkylation sites (N-methyl/N-ethyl adjacent to an activating group) is 2. The van der Waals surface area contributed by atoms with E-state index in [4.69, 9.17) is 4.74 Å². The summed E-state index contributed by atoms with van der Waals surface area (Å²) >= 11 is 1.85. The molecule has 1 aromatic rings. The van der Waals surface area contributed by atoms with Crippen LogP contribution < -0.4 is 5.32 Å². The maximum Gasteiger partial charge on any atom is 0.0623 e. The molecule has 3 unspecified atom stereocenters. The van der Waals surface area contributed by atoms with Crippen LogP contribution in [-0.4, -0.2) is 50.8 Å². The summed E-state index contributed by atoms with van der Waals surface area (Å²) < 4.78 is 5.56. The molecule has 1 fully saturated rings. The molecule has 1 aliphatic heterocycles. The van der Waals surface area contributed by atoms with E-state index in [1.165, 1.54) is 4.88 Å². The normalized spacial score (nSPS) is 25.8. The van der Waals surface area contributed by atoms with Crippen molar-refractivity contribution in [3.8, 4) is 0 Å². The molecule has 0 radical (unpaired) electrons. The van der Waals surface area contributed by atoms with Gasteiger partial charge in [0.1, 0.15) is 0 Å². The minimum atomic E-state index is 0.515. The molecule has 4 heteroatoms. The first-order valence-corrected chi connectivity index (χ1v) is 7.56. The largest absolute Gasteiger partial charge is 0.379 e. The third-order valence-electron chi connectivity index (χ3n) is 3.92. The minimum absolute atomic E-state index is 0.515. The maximum absolute atomic E-state index is 5.56. The predicted octanol–water partition coefficient (Wildman–Crippen LogP) is 1.85. The first-order valence-electron chi connectivity index (χ1n) is 6.68. The SMILES string of the molecule is CNC1COCC1CN(C)C(C)Cc1cccs1. The lowest BCUT2D eigenvalue weighted by molar-refractivity contribution is 0.163. The van der Waals surface area contributed by atoms with Crippen molar-refractivity contribution in [1.29, 1.82) is 0 Å². The fourth-order valence-electron chi connectivity index (χ4n) is 2.52. The fraction of sp³-hybridized carbons (Fsp3) is 0.714. The van der Waals surface area contributed by atoms with Crippen LogP contribution in [0.3, 0.4) is 0 Å². The Morgan fingerprint density at radius 1 is 1.56 bits per heavy atom. The van der Waals surface area contributed by atoms with Gasteiger partial charge in [-0.05, 0) is 38.9 Å². The zero-order chi connectivity index (χ0) is 13.0. The predicted molar refractivity (Wildman–Crippen MR) is 77.3 cm³/mol. The van der Waals surface area contributed by atoms with Crippen molar-refractivity contribution in [2.45, 2.75) is 25.4 Å². The van der Waals surface area contributed by atoms with Gasteiger partial charge in [-0.3, -0.25) is 0 Å². The Labute approximate surface area is 114 Å². The molecule has 1 saturated heterocycles. The van der Waals surface area contributed by atoms with Gasteiger partial charge in [0.15, 0.2) is 0 Å². The number of nitrogens with zero attached hydrogens (tertiary/aromatic N) is 1. The van der Waals surface area contributed by atoms with Gasteiger partial charge in [-0.15, -0.1) is 11.3 Å². The molecule has 0 bridgehead atoms. The summed E-state index contributed by atoms with van der Waals surface area (Å²) in [5, 5.41) is 5.51. The molecule has 3 atom stereocenters. The number of hydrogen-bond acceptors (Lipinski definition) is 4. The summed E-state index contributed by atoms with van der Waals surface area (Å²) in [7, 11) is 4.25. The lowest BCUT2D eigenvalue weighted by Crippen LogP contribution is -2.42. The average molecular weight is 268 g/mol. The Kier molecular flexibility index (Phi) is 5.18. The number of ether oxygens (including phenoxy) is 1. The minimum Gasteiger partial charge on any atom is -0.379 e. The maximum atomic E-state index is 5.56. The molecule has 102 valence electrons. The highest BCUT2D eigenvalue weighted by Gasteiger charge is 2.28. The number of thiophene rings is 1. The van der Waals surface area contributed by atoms with Crippen LogP contribution in [0, 0.1) is 5.92 Å². The van der Waals surface area contributed by atoms with E-state index in [0.29, 0.717) is 18.0 Å². The molecule has 3 nitrogen and oxygen atoms in total. The van der Waals surface area contributed by atoms with Crippen molar-refractivity contribution < 1.29 is 4.74 Å². The van der Waals surface area contributed by atoms with Gasteiger partial charge < -0.3 is 15.0 Å². The van der Waals surface area contributed by atoms with E-state index < -0.39 is 0 Å². The fourth-order valence-corrected chi connectivity index (χ4v) is 3.35. The molecule has 1 aliphatic rings. The summed E-state index contributed by atoms with van der Waals surface area (Å²) in [6, 6.07) is 5.46. The van der Waals surface area contributed by atoms with Gasteiger partial charge in [-0.25, -0.2) is 0 Å². The van der Waals surface area contributed by atoms with Crippen molar-refractivity contribution in [3.05, 3.63) is 22.4 Å². The first-order chi connectivity index (χ1) is 8.70. The third-order valence-corrected chi connectivity index (χ3v) is 4.82. The van der Waals surface area contributed by atoms with Gasteiger partial charge in [0, 0.05) is 29.4 Å². The summed E-state index contributed by atoms with van der Waals surface area (Å²) in [5.41, 5.74) is 0. The lowest BCUT2D eigenvalue weighted by atomic mass is 10.0. The van der Waals surface area contributed by atoms with E-state index in [0.717, 1.165) is 26.2 Å². The van der Waals surface area contributed by atoms with Crippen LogP contribution in [0.1, 0.15) is 11.8 Å². The van der Waals surface area contributed by atoms with Crippen LogP contribution in [0.15, 0.2) is 17.5 Å². The molecule has 0 aromatic carbocycles. The standard InChI is InChI=1S/C14H24N2OS/c1-11(7-13-5-4-6-18-13)16(3)8-12-9-17-10-14(12)15-2/h4-6,11-12,14-15H,7-10H2,1-3H3. The molecule has 2 heterocycles. The molecule has 2 rings (SSSR count). The van der Waals surface area contributed by atoms with Crippen LogP contribution in [0.2, 0.25) is 0 Å². The van der Waals surface area contributed by atoms with Gasteiger partial charge in [0.2, 0.25) is 0 Å². The summed E-state index contributed by atoms with van der Waals surface area (Å²) in [6.07, 6.45) is 1.14. The zero-order valence-corrected chi connectivity index (χ0v) is 12.4. The molecule has 0 spiro atoms. The summed E-state index contributed by atoms with van der Waals surface area (Å²) in [6.45, 7) is 5.16. The average Bonchev–Trinajstić information content (AvgIpc) is 2.99. The van der Waals surface area contributed by atoms with Crippen molar-refractivity contribution >= 4 is 11.3 Å². The van der Waals surface area contributed by atoms with Gasteiger partial charge in [0.25, 0.3) is 0 Å². The number of rotatable bonds is 6. The topological polar surface area (TPSA) is 24.5 Å². The van der Waals surface area contributed by atoms with E-state index in [-0.39, 0.29) is 0 Å². The van der Waals surface area contributed by atoms with E-state index >= 15 is 0 Å². The smallest absolute Gasteiger partial charge is 0.0623 e. The number of hydrogen-bond donors (Lipinski definition) is 1. The van der Waals surface area contributed by atoms with Crippen LogP contribution in [0.25, 0.3) is 0 Å². The van der Waals surface area contributed by atoms with E-state index in [1.807, 2.05) is 18.4 Å². The lowest BCUT2D eigenvalue weighted by Gasteiger charge is -2.28. The van der Waals surface area contributed by atoms with Crippen LogP contribution in [0.5, 0.6) is 0 Å². The molecule has 0 amide bonds. The summed E-state index contributed by atoms with van der Waals surface area (Å²) in [5.74, 6) is 0.616. The van der Waals surface area contributed by atoms with Crippen molar-refractivity contribution in [3.63, 3.8) is 0 Å². The van der Waals surface area contributed by atoms with Gasteiger partial charge in [0.05, 0.1) is 13.2 Å². The molecule has 0 aliphatic carbocycles. The Morgan fingerprint density at radius 3 is 3.06 bits per heavy atom. The molecular formula is C14H24N2OS. The highest BCUT2D eigenvalue weighted by molar-refractivity contribution is 7.09. The zero-order valence-electron chi connectivity index (χ0n) is 11.6. The Morgan fingerprint density at radius 2 is 2.39 bits per heavy atom. The molecular weight excluding hydrogens is 244 g/mol.